The van der Waals surface area contributed by atoms with Crippen molar-refractivity contribution >= 4 is 17.3 Å². The molecule has 1 unspecified atom stereocenters. The zero-order valence-electron chi connectivity index (χ0n) is 14.8. The van der Waals surface area contributed by atoms with Gasteiger partial charge in [-0.15, -0.1) is 0 Å². The summed E-state index contributed by atoms with van der Waals surface area (Å²) in [5, 5.41) is 3.28. The minimum Gasteiger partial charge on any atom is -0.376 e. The molecule has 0 spiro atoms. The van der Waals surface area contributed by atoms with E-state index < -0.39 is 0 Å². The van der Waals surface area contributed by atoms with Gasteiger partial charge in [-0.05, 0) is 63.8 Å². The van der Waals surface area contributed by atoms with Crippen molar-refractivity contribution in [1.82, 2.24) is 4.90 Å². The smallest absolute Gasteiger partial charge is 0.242 e. The van der Waals surface area contributed by atoms with Gasteiger partial charge in [0.15, 0.2) is 0 Å². The quantitative estimate of drug-likeness (QED) is 0.832. The first-order valence-corrected chi connectivity index (χ1v) is 9.07. The van der Waals surface area contributed by atoms with E-state index in [9.17, 15) is 4.79 Å². The van der Waals surface area contributed by atoms with E-state index in [1.807, 2.05) is 0 Å². The number of piperidine rings is 1. The predicted molar refractivity (Wildman–Crippen MR) is 98.1 cm³/mol. The number of nitrogens with zero attached hydrogens (tertiary/aromatic N) is 2. The molecule has 1 aliphatic heterocycles. The van der Waals surface area contributed by atoms with Crippen LogP contribution in [0.1, 0.15) is 46.5 Å². The minimum atomic E-state index is 0.226. The van der Waals surface area contributed by atoms with Crippen LogP contribution in [0.25, 0.3) is 0 Å². The van der Waals surface area contributed by atoms with Gasteiger partial charge in [0.2, 0.25) is 5.91 Å². The fourth-order valence-electron chi connectivity index (χ4n) is 3.41. The minimum absolute atomic E-state index is 0.226. The van der Waals surface area contributed by atoms with Crippen LogP contribution in [0.5, 0.6) is 0 Å². The van der Waals surface area contributed by atoms with Gasteiger partial charge in [0, 0.05) is 37.1 Å². The van der Waals surface area contributed by atoms with E-state index in [1.165, 1.54) is 12.1 Å². The molecule has 1 aromatic carbocycles. The largest absolute Gasteiger partial charge is 0.376 e. The third kappa shape index (κ3) is 4.63. The summed E-state index contributed by atoms with van der Waals surface area (Å²) in [5.74, 6) is 0.226. The molecule has 0 aliphatic carbocycles. The lowest BCUT2D eigenvalue weighted by molar-refractivity contribution is -0.133. The van der Waals surface area contributed by atoms with E-state index in [0.717, 1.165) is 44.6 Å². The summed E-state index contributed by atoms with van der Waals surface area (Å²) >= 11 is 0. The Morgan fingerprint density at radius 1 is 1.17 bits per heavy atom. The van der Waals surface area contributed by atoms with E-state index >= 15 is 0 Å². The van der Waals surface area contributed by atoms with Crippen LogP contribution in [0, 0.1) is 0 Å². The number of rotatable bonds is 7. The zero-order chi connectivity index (χ0) is 16.7. The molecule has 0 saturated carbocycles. The number of carbonyl (C=O) groups is 1. The van der Waals surface area contributed by atoms with E-state index in [4.69, 9.17) is 0 Å². The van der Waals surface area contributed by atoms with Crippen LogP contribution in [0.3, 0.4) is 0 Å². The van der Waals surface area contributed by atoms with E-state index in [0.29, 0.717) is 12.6 Å². The van der Waals surface area contributed by atoms with Crippen molar-refractivity contribution in [1.29, 1.82) is 0 Å². The number of amides is 1. The number of carbonyl (C=O) groups excluding carboxylic acids is 1. The maximum absolute atomic E-state index is 12.5. The number of anilines is 2. The second-order valence-corrected chi connectivity index (χ2v) is 6.22. The lowest BCUT2D eigenvalue weighted by Gasteiger charge is -2.35. The highest BCUT2D eigenvalue weighted by Crippen LogP contribution is 2.20. The maximum Gasteiger partial charge on any atom is 0.242 e. The van der Waals surface area contributed by atoms with Gasteiger partial charge in [0.25, 0.3) is 0 Å². The predicted octanol–water partition coefficient (Wildman–Crippen LogP) is 3.74. The molecule has 1 heterocycles. The Balaban J connectivity index is 1.88. The highest BCUT2D eigenvalue weighted by Gasteiger charge is 2.24. The molecular weight excluding hydrogens is 286 g/mol. The van der Waals surface area contributed by atoms with Crippen LogP contribution in [-0.2, 0) is 4.79 Å². The Bertz CT molecular complexity index is 482. The number of nitrogens with one attached hydrogen (secondary N) is 1. The third-order valence-corrected chi connectivity index (χ3v) is 4.86. The van der Waals surface area contributed by atoms with Crippen LogP contribution >= 0.6 is 0 Å². The summed E-state index contributed by atoms with van der Waals surface area (Å²) in [5.41, 5.74) is 2.24. The highest BCUT2D eigenvalue weighted by molar-refractivity contribution is 5.81. The van der Waals surface area contributed by atoms with Crippen LogP contribution in [0.2, 0.25) is 0 Å². The fraction of sp³-hybridized carbons (Fsp3) is 0.632. The normalized spacial score (nSPS) is 17.9. The summed E-state index contributed by atoms with van der Waals surface area (Å²) < 4.78 is 0. The van der Waals surface area contributed by atoms with Crippen molar-refractivity contribution < 1.29 is 4.79 Å². The summed E-state index contributed by atoms with van der Waals surface area (Å²) in [4.78, 5) is 16.8. The first-order chi connectivity index (χ1) is 11.2. The number of likely N-dealkylation sites (tertiary alicyclic amines) is 1. The zero-order valence-corrected chi connectivity index (χ0v) is 14.8. The molecule has 4 nitrogen and oxygen atoms in total. The molecule has 1 atom stereocenters. The molecule has 0 aromatic heterocycles. The Kier molecular flexibility index (Phi) is 6.75. The van der Waals surface area contributed by atoms with Crippen molar-refractivity contribution in [2.75, 3.05) is 36.4 Å². The Labute approximate surface area is 140 Å². The summed E-state index contributed by atoms with van der Waals surface area (Å²) in [7, 11) is 0. The average molecular weight is 317 g/mol. The molecular formula is C19H31N3O. The SMILES string of the molecule is CCC1CCCCN1C(=O)CNc1ccc(N(CC)CC)cc1. The summed E-state index contributed by atoms with van der Waals surface area (Å²) in [6.45, 7) is 9.83. The molecule has 1 fully saturated rings. The first kappa shape index (κ1) is 17.6. The van der Waals surface area contributed by atoms with Crippen molar-refractivity contribution in [3.63, 3.8) is 0 Å². The molecule has 1 amide bonds. The second kappa shape index (κ2) is 8.80. The monoisotopic (exact) mass is 317 g/mol. The lowest BCUT2D eigenvalue weighted by atomic mass is 10.00. The van der Waals surface area contributed by atoms with Crippen molar-refractivity contribution in [3.05, 3.63) is 24.3 Å². The van der Waals surface area contributed by atoms with Crippen LogP contribution < -0.4 is 10.2 Å². The van der Waals surface area contributed by atoms with E-state index in [1.54, 1.807) is 0 Å². The molecule has 23 heavy (non-hydrogen) atoms. The fourth-order valence-corrected chi connectivity index (χ4v) is 3.41. The van der Waals surface area contributed by atoms with E-state index in [2.05, 4.69) is 60.2 Å². The Hall–Kier alpha value is -1.71. The van der Waals surface area contributed by atoms with Crippen LogP contribution in [-0.4, -0.2) is 43.0 Å². The molecule has 0 radical (unpaired) electrons. The first-order valence-electron chi connectivity index (χ1n) is 9.07. The summed E-state index contributed by atoms with van der Waals surface area (Å²) in [6, 6.07) is 8.80. The van der Waals surface area contributed by atoms with E-state index in [-0.39, 0.29) is 5.91 Å². The maximum atomic E-state index is 12.5. The second-order valence-electron chi connectivity index (χ2n) is 6.22. The van der Waals surface area contributed by atoms with Gasteiger partial charge in [-0.1, -0.05) is 6.92 Å². The van der Waals surface area contributed by atoms with Gasteiger partial charge < -0.3 is 15.1 Å². The molecule has 1 saturated heterocycles. The number of hydrogen-bond donors (Lipinski definition) is 1. The molecule has 0 bridgehead atoms. The number of benzene rings is 1. The van der Waals surface area contributed by atoms with Crippen LogP contribution in [0.15, 0.2) is 24.3 Å². The Morgan fingerprint density at radius 2 is 1.87 bits per heavy atom. The molecule has 1 aliphatic rings. The molecule has 1 aromatic rings. The van der Waals surface area contributed by atoms with Gasteiger partial charge in [-0.2, -0.15) is 0 Å². The lowest BCUT2D eigenvalue weighted by Crippen LogP contribution is -2.45. The van der Waals surface area contributed by atoms with Crippen molar-refractivity contribution in [2.24, 2.45) is 0 Å². The van der Waals surface area contributed by atoms with Crippen LogP contribution in [0.4, 0.5) is 11.4 Å². The van der Waals surface area contributed by atoms with Gasteiger partial charge >= 0.3 is 0 Å². The highest BCUT2D eigenvalue weighted by atomic mass is 16.2. The third-order valence-electron chi connectivity index (χ3n) is 4.86. The molecule has 128 valence electrons. The summed E-state index contributed by atoms with van der Waals surface area (Å²) in [6.07, 6.45) is 4.61. The van der Waals surface area contributed by atoms with Crippen molar-refractivity contribution in [3.8, 4) is 0 Å². The topological polar surface area (TPSA) is 35.6 Å². The number of hydrogen-bond acceptors (Lipinski definition) is 3. The average Bonchev–Trinajstić information content (AvgIpc) is 2.61. The van der Waals surface area contributed by atoms with Crippen molar-refractivity contribution in [2.45, 2.75) is 52.5 Å². The van der Waals surface area contributed by atoms with Gasteiger partial charge in [-0.25, -0.2) is 0 Å². The molecule has 4 heteroatoms. The molecule has 1 N–H and O–H groups in total. The standard InChI is InChI=1S/C19H31N3O/c1-4-17-9-7-8-14-22(17)19(23)15-20-16-10-12-18(13-11-16)21(5-2)6-3/h10-13,17,20H,4-9,14-15H2,1-3H3. The van der Waals surface area contributed by atoms with Gasteiger partial charge in [0.05, 0.1) is 6.54 Å². The Morgan fingerprint density at radius 3 is 2.48 bits per heavy atom. The van der Waals surface area contributed by atoms with Gasteiger partial charge in [0.1, 0.15) is 0 Å². The van der Waals surface area contributed by atoms with Gasteiger partial charge in [-0.3, -0.25) is 4.79 Å². The molecule has 2 rings (SSSR count).